The van der Waals surface area contributed by atoms with Crippen molar-refractivity contribution in [1.82, 2.24) is 15.1 Å². The predicted molar refractivity (Wildman–Crippen MR) is 136 cm³/mol. The van der Waals surface area contributed by atoms with E-state index in [1.807, 2.05) is 0 Å². The van der Waals surface area contributed by atoms with E-state index >= 15 is 0 Å². The Hall–Kier alpha value is 0.410. The molecule has 174 valence electrons. The van der Waals surface area contributed by atoms with Gasteiger partial charge in [0.2, 0.25) is 0 Å². The normalized spacial score (nSPS) is 28.6. The van der Waals surface area contributed by atoms with E-state index in [2.05, 4.69) is 70.0 Å². The average Bonchev–Trinajstić information content (AvgIpc) is 2.99. The maximum Gasteiger partial charge on any atom is 0.0812 e. The Bertz CT molecular complexity index is 675. The van der Waals surface area contributed by atoms with Gasteiger partial charge in [-0.1, -0.05) is 22.0 Å². The van der Waals surface area contributed by atoms with Crippen LogP contribution in [0.2, 0.25) is 0 Å². The number of benzene rings is 1. The zero-order valence-electron chi connectivity index (χ0n) is 18.2. The first-order chi connectivity index (χ1) is 13.0. The molecule has 2 fully saturated rings. The van der Waals surface area contributed by atoms with Crippen LogP contribution >= 0.6 is 53.2 Å². The van der Waals surface area contributed by atoms with Gasteiger partial charge in [0.25, 0.3) is 0 Å². The van der Waals surface area contributed by atoms with Crippen molar-refractivity contribution in [2.24, 2.45) is 0 Å². The fourth-order valence-electron chi connectivity index (χ4n) is 5.48. The average molecular weight is 546 g/mol. The number of hydrogen-bond donors (Lipinski definition) is 1. The van der Waals surface area contributed by atoms with E-state index in [9.17, 15) is 0 Å². The van der Waals surface area contributed by atoms with Crippen LogP contribution in [0.3, 0.4) is 0 Å². The highest BCUT2D eigenvalue weighted by Crippen LogP contribution is 2.41. The van der Waals surface area contributed by atoms with Crippen molar-refractivity contribution in [2.45, 2.75) is 63.8 Å². The molecule has 30 heavy (non-hydrogen) atoms. The molecule has 4 rings (SSSR count). The summed E-state index contributed by atoms with van der Waals surface area (Å²) in [6, 6.07) is 7.74. The lowest BCUT2D eigenvalue weighted by atomic mass is 9.87. The van der Waals surface area contributed by atoms with Crippen LogP contribution in [0.4, 0.5) is 0 Å². The second-order valence-electron chi connectivity index (χ2n) is 8.77. The first kappa shape index (κ1) is 28.4. The van der Waals surface area contributed by atoms with Crippen molar-refractivity contribution in [2.75, 3.05) is 39.3 Å². The number of halogens is 4. The SMILES string of the molecule is CCO[C@@H]1Cc2cc(Br)ccc2[C@H]1N1CCN(C2(C)CCNCC2)C[C@@H]1C.Cl.Cl.Cl. The number of hydrogen-bond acceptors (Lipinski definition) is 4. The summed E-state index contributed by atoms with van der Waals surface area (Å²) < 4.78 is 7.40. The Morgan fingerprint density at radius 3 is 2.50 bits per heavy atom. The number of ether oxygens (including phenoxy) is 1. The fraction of sp³-hybridized carbons (Fsp3) is 0.727. The Labute approximate surface area is 209 Å². The Morgan fingerprint density at radius 2 is 1.87 bits per heavy atom. The van der Waals surface area contributed by atoms with Crippen molar-refractivity contribution in [1.29, 1.82) is 0 Å². The van der Waals surface area contributed by atoms with E-state index < -0.39 is 0 Å². The number of piperazine rings is 1. The molecule has 1 aromatic rings. The van der Waals surface area contributed by atoms with Crippen molar-refractivity contribution >= 4 is 53.2 Å². The third kappa shape index (κ3) is 5.66. The number of nitrogens with one attached hydrogen (secondary N) is 1. The van der Waals surface area contributed by atoms with E-state index in [1.54, 1.807) is 0 Å². The topological polar surface area (TPSA) is 27.7 Å². The maximum atomic E-state index is 6.22. The minimum atomic E-state index is 0. The molecule has 0 spiro atoms. The lowest BCUT2D eigenvalue weighted by Gasteiger charge is -2.52. The second kappa shape index (κ2) is 12.0. The van der Waals surface area contributed by atoms with Crippen LogP contribution in [0.5, 0.6) is 0 Å². The zero-order valence-corrected chi connectivity index (χ0v) is 22.3. The van der Waals surface area contributed by atoms with Gasteiger partial charge in [0.15, 0.2) is 0 Å². The van der Waals surface area contributed by atoms with Crippen LogP contribution in [-0.4, -0.2) is 66.8 Å². The highest BCUT2D eigenvalue weighted by Gasteiger charge is 2.43. The summed E-state index contributed by atoms with van der Waals surface area (Å²) in [6.07, 6.45) is 3.84. The molecule has 2 aliphatic heterocycles. The fourth-order valence-corrected chi connectivity index (χ4v) is 5.89. The molecule has 0 saturated carbocycles. The molecule has 0 aromatic heterocycles. The first-order valence-corrected chi connectivity index (χ1v) is 11.4. The summed E-state index contributed by atoms with van der Waals surface area (Å²) in [5.74, 6) is 0. The zero-order chi connectivity index (χ0) is 19.0. The van der Waals surface area contributed by atoms with Crippen LogP contribution in [0.25, 0.3) is 0 Å². The van der Waals surface area contributed by atoms with Gasteiger partial charge in [0.05, 0.1) is 12.1 Å². The third-order valence-electron chi connectivity index (χ3n) is 7.06. The summed E-state index contributed by atoms with van der Waals surface area (Å²) in [4.78, 5) is 5.49. The summed E-state index contributed by atoms with van der Waals surface area (Å²) in [5, 5.41) is 3.52. The van der Waals surface area contributed by atoms with Crippen LogP contribution in [0.1, 0.15) is 50.8 Å². The highest BCUT2D eigenvalue weighted by atomic mass is 79.9. The molecule has 2 saturated heterocycles. The van der Waals surface area contributed by atoms with Gasteiger partial charge in [-0.2, -0.15) is 0 Å². The molecule has 0 radical (unpaired) electrons. The van der Waals surface area contributed by atoms with Crippen LogP contribution in [0, 0.1) is 0 Å². The van der Waals surface area contributed by atoms with Gasteiger partial charge in [-0.25, -0.2) is 0 Å². The minimum Gasteiger partial charge on any atom is -0.376 e. The minimum absolute atomic E-state index is 0. The van der Waals surface area contributed by atoms with E-state index in [0.29, 0.717) is 17.6 Å². The molecule has 1 aromatic carbocycles. The van der Waals surface area contributed by atoms with Crippen molar-refractivity contribution < 1.29 is 4.74 Å². The van der Waals surface area contributed by atoms with E-state index in [0.717, 1.165) is 39.2 Å². The number of nitrogens with zero attached hydrogens (tertiary/aromatic N) is 2. The molecule has 1 N–H and O–H groups in total. The van der Waals surface area contributed by atoms with Crippen molar-refractivity contribution in [3.05, 3.63) is 33.8 Å². The highest BCUT2D eigenvalue weighted by molar-refractivity contribution is 9.10. The molecule has 4 nitrogen and oxygen atoms in total. The smallest absolute Gasteiger partial charge is 0.0812 e. The van der Waals surface area contributed by atoms with Crippen molar-refractivity contribution in [3.8, 4) is 0 Å². The molecule has 0 bridgehead atoms. The Kier molecular flexibility index (Phi) is 11.4. The van der Waals surface area contributed by atoms with Gasteiger partial charge in [0, 0.05) is 48.7 Å². The number of rotatable bonds is 4. The Morgan fingerprint density at radius 1 is 1.17 bits per heavy atom. The van der Waals surface area contributed by atoms with Gasteiger partial charge in [-0.3, -0.25) is 9.80 Å². The quantitative estimate of drug-likeness (QED) is 0.585. The summed E-state index contributed by atoms with van der Waals surface area (Å²) in [7, 11) is 0. The molecular formula is C22H37BrCl3N3O. The summed E-state index contributed by atoms with van der Waals surface area (Å²) in [6.45, 7) is 13.6. The second-order valence-corrected chi connectivity index (χ2v) is 9.68. The molecule has 3 aliphatic rings. The maximum absolute atomic E-state index is 6.22. The molecule has 3 atom stereocenters. The lowest BCUT2D eigenvalue weighted by Crippen LogP contribution is -2.62. The first-order valence-electron chi connectivity index (χ1n) is 10.6. The van der Waals surface area contributed by atoms with E-state index in [1.165, 1.54) is 35.0 Å². The van der Waals surface area contributed by atoms with Crippen LogP contribution < -0.4 is 5.32 Å². The summed E-state index contributed by atoms with van der Waals surface area (Å²) >= 11 is 3.64. The van der Waals surface area contributed by atoms with Crippen LogP contribution in [0.15, 0.2) is 22.7 Å². The molecule has 0 amide bonds. The Balaban J connectivity index is 0.00000150. The van der Waals surface area contributed by atoms with Crippen molar-refractivity contribution in [3.63, 3.8) is 0 Å². The number of fused-ring (bicyclic) bond motifs is 1. The standard InChI is InChI=1S/C22H34BrN3O.3ClH/c1-4-27-20-14-17-13-18(23)5-6-19(17)21(20)26-12-11-25(15-16(26)2)22(3)7-9-24-10-8-22;;;/h5-6,13,16,20-21,24H,4,7-12,14-15H2,1-3H3;3*1H/t16-,20+,21+;;;/m0.../s1. The largest absolute Gasteiger partial charge is 0.376 e. The molecular weight excluding hydrogens is 509 g/mol. The van der Waals surface area contributed by atoms with E-state index in [-0.39, 0.29) is 43.3 Å². The molecule has 8 heteroatoms. The van der Waals surface area contributed by atoms with Gasteiger partial charge < -0.3 is 10.1 Å². The molecule has 1 aliphatic carbocycles. The molecule has 0 unspecified atom stereocenters. The third-order valence-corrected chi connectivity index (χ3v) is 7.55. The van der Waals surface area contributed by atoms with Gasteiger partial charge in [-0.05, 0) is 70.0 Å². The monoisotopic (exact) mass is 543 g/mol. The summed E-state index contributed by atoms with van der Waals surface area (Å²) in [5.41, 5.74) is 3.29. The predicted octanol–water partition coefficient (Wildman–Crippen LogP) is 4.87. The van der Waals surface area contributed by atoms with E-state index in [4.69, 9.17) is 4.74 Å². The van der Waals surface area contributed by atoms with Gasteiger partial charge >= 0.3 is 0 Å². The molecule has 2 heterocycles. The lowest BCUT2D eigenvalue weighted by molar-refractivity contribution is -0.0588. The van der Waals surface area contributed by atoms with Gasteiger partial charge in [-0.15, -0.1) is 37.2 Å². The van der Waals surface area contributed by atoms with Crippen LogP contribution in [-0.2, 0) is 11.2 Å². The number of piperidine rings is 1. The van der Waals surface area contributed by atoms with Gasteiger partial charge in [0.1, 0.15) is 0 Å².